The van der Waals surface area contributed by atoms with Gasteiger partial charge >= 0.3 is 0 Å². The Labute approximate surface area is 218 Å². The van der Waals surface area contributed by atoms with Gasteiger partial charge in [-0.2, -0.15) is 0 Å². The topological polar surface area (TPSA) is 74.4 Å². The summed E-state index contributed by atoms with van der Waals surface area (Å²) in [5.74, 6) is 0.307. The third-order valence-electron chi connectivity index (χ3n) is 7.14. The Bertz CT molecular complexity index is 1040. The molecule has 2 aromatic rings. The molecule has 2 atom stereocenters. The van der Waals surface area contributed by atoms with Crippen molar-refractivity contribution in [3.63, 3.8) is 0 Å². The molecule has 0 spiro atoms. The Hall–Kier alpha value is -3.01. The fourth-order valence-electron chi connectivity index (χ4n) is 5.22. The van der Waals surface area contributed by atoms with Gasteiger partial charge in [0.05, 0.1) is 7.11 Å². The molecule has 0 aliphatic carbocycles. The van der Waals surface area contributed by atoms with Crippen molar-refractivity contribution in [2.24, 2.45) is 0 Å². The van der Waals surface area contributed by atoms with E-state index in [-0.39, 0.29) is 30.3 Å². The first-order valence-electron chi connectivity index (χ1n) is 12.9. The number of nitrogens with one attached hydrogen (secondary N) is 1. The van der Waals surface area contributed by atoms with E-state index in [0.29, 0.717) is 39.1 Å². The van der Waals surface area contributed by atoms with Crippen LogP contribution in [-0.4, -0.2) is 92.1 Å². The van der Waals surface area contributed by atoms with Gasteiger partial charge in [0.15, 0.2) is 0 Å². The molecule has 4 rings (SSSR count). The zero-order valence-corrected chi connectivity index (χ0v) is 21.7. The predicted molar refractivity (Wildman–Crippen MR) is 138 cm³/mol. The number of likely N-dealkylation sites (tertiary alicyclic amines) is 1. The van der Waals surface area contributed by atoms with E-state index in [0.717, 1.165) is 36.4 Å². The van der Waals surface area contributed by atoms with Crippen LogP contribution in [0, 0.1) is 5.82 Å². The van der Waals surface area contributed by atoms with Crippen molar-refractivity contribution in [3.8, 4) is 5.75 Å². The molecule has 0 aromatic heterocycles. The summed E-state index contributed by atoms with van der Waals surface area (Å²) in [7, 11) is 3.13. The summed E-state index contributed by atoms with van der Waals surface area (Å²) in [4.78, 5) is 32.6. The average Bonchev–Trinajstić information content (AvgIpc) is 3.17. The second-order valence-corrected chi connectivity index (χ2v) is 9.70. The molecular weight excluding hydrogens is 475 g/mol. The Morgan fingerprint density at radius 3 is 2.59 bits per heavy atom. The molecule has 2 aromatic carbocycles. The van der Waals surface area contributed by atoms with Crippen molar-refractivity contribution in [3.05, 3.63) is 65.5 Å². The molecule has 2 heterocycles. The van der Waals surface area contributed by atoms with Gasteiger partial charge in [0.2, 0.25) is 11.8 Å². The van der Waals surface area contributed by atoms with Crippen LogP contribution in [0.1, 0.15) is 24.0 Å². The van der Waals surface area contributed by atoms with E-state index in [1.807, 2.05) is 29.2 Å². The second-order valence-electron chi connectivity index (χ2n) is 9.70. The number of nitrogens with zero attached hydrogens (tertiary/aromatic N) is 3. The monoisotopic (exact) mass is 512 g/mol. The van der Waals surface area contributed by atoms with Crippen LogP contribution in [0.3, 0.4) is 0 Å². The lowest BCUT2D eigenvalue weighted by Crippen LogP contribution is -2.49. The average molecular weight is 513 g/mol. The van der Waals surface area contributed by atoms with E-state index < -0.39 is 6.04 Å². The number of hydrogen-bond acceptors (Lipinski definition) is 6. The van der Waals surface area contributed by atoms with Crippen molar-refractivity contribution in [2.45, 2.75) is 38.0 Å². The predicted octanol–water partition coefficient (Wildman–Crippen LogP) is 2.27. The largest absolute Gasteiger partial charge is 0.497 e. The van der Waals surface area contributed by atoms with E-state index in [9.17, 15) is 14.0 Å². The van der Waals surface area contributed by atoms with Gasteiger partial charge in [-0.25, -0.2) is 4.39 Å². The van der Waals surface area contributed by atoms with E-state index in [1.54, 1.807) is 24.1 Å². The van der Waals surface area contributed by atoms with Gasteiger partial charge in [-0.15, -0.1) is 0 Å². The van der Waals surface area contributed by atoms with Crippen molar-refractivity contribution >= 4 is 11.8 Å². The molecular formula is C28H37FN4O4. The summed E-state index contributed by atoms with van der Waals surface area (Å²) in [6.45, 7) is 4.47. The number of carbonyl (C=O) groups is 2. The van der Waals surface area contributed by atoms with E-state index >= 15 is 0 Å². The van der Waals surface area contributed by atoms with Gasteiger partial charge in [-0.1, -0.05) is 24.3 Å². The molecule has 200 valence electrons. The molecule has 2 aliphatic heterocycles. The molecule has 2 saturated heterocycles. The Kier molecular flexibility index (Phi) is 9.49. The SMILES string of the molecule is COCC(=O)N1CC(N(Cc2ccc(F)cc2)Cc2cccc(OC)c2)CC1C(=O)N1CCCNCC1. The van der Waals surface area contributed by atoms with Crippen LogP contribution in [0.5, 0.6) is 5.75 Å². The summed E-state index contributed by atoms with van der Waals surface area (Å²) < 4.78 is 24.1. The maximum absolute atomic E-state index is 13.7. The van der Waals surface area contributed by atoms with Gasteiger partial charge in [-0.3, -0.25) is 14.5 Å². The smallest absolute Gasteiger partial charge is 0.249 e. The standard InChI is InChI=1S/C28H37FN4O4/c1-36-20-27(34)33-19-24(16-26(33)28(35)31-13-4-11-30-12-14-31)32(17-21-7-9-23(29)10-8-21)18-22-5-3-6-25(15-22)37-2/h3,5-10,15,24,26,30H,4,11-14,16-20H2,1-2H3. The number of methoxy groups -OCH3 is 2. The number of amides is 2. The summed E-state index contributed by atoms with van der Waals surface area (Å²) in [6, 6.07) is 13.8. The van der Waals surface area contributed by atoms with E-state index in [1.165, 1.54) is 19.2 Å². The first kappa shape index (κ1) is 27.0. The normalized spacial score (nSPS) is 20.2. The molecule has 0 bridgehead atoms. The Morgan fingerprint density at radius 2 is 1.84 bits per heavy atom. The van der Waals surface area contributed by atoms with Gasteiger partial charge < -0.3 is 24.6 Å². The summed E-state index contributed by atoms with van der Waals surface area (Å²) in [5.41, 5.74) is 2.03. The van der Waals surface area contributed by atoms with Crippen molar-refractivity contribution in [1.82, 2.24) is 20.0 Å². The third kappa shape index (κ3) is 7.06. The maximum atomic E-state index is 13.7. The lowest BCUT2D eigenvalue weighted by atomic mass is 10.1. The van der Waals surface area contributed by atoms with Crippen molar-refractivity contribution in [1.29, 1.82) is 0 Å². The van der Waals surface area contributed by atoms with E-state index in [4.69, 9.17) is 9.47 Å². The van der Waals surface area contributed by atoms with Gasteiger partial charge in [-0.05, 0) is 54.8 Å². The van der Waals surface area contributed by atoms with Gasteiger partial charge in [0.25, 0.3) is 0 Å². The molecule has 0 radical (unpaired) electrons. The molecule has 8 nitrogen and oxygen atoms in total. The lowest BCUT2D eigenvalue weighted by molar-refractivity contribution is -0.145. The number of ether oxygens (including phenoxy) is 2. The molecule has 2 amide bonds. The number of halogens is 1. The minimum Gasteiger partial charge on any atom is -0.497 e. The van der Waals surface area contributed by atoms with Crippen LogP contribution >= 0.6 is 0 Å². The van der Waals surface area contributed by atoms with Crippen LogP contribution in [-0.2, 0) is 27.4 Å². The van der Waals surface area contributed by atoms with Crippen LogP contribution in [0.2, 0.25) is 0 Å². The van der Waals surface area contributed by atoms with Crippen LogP contribution in [0.25, 0.3) is 0 Å². The van der Waals surface area contributed by atoms with E-state index in [2.05, 4.69) is 10.2 Å². The van der Waals surface area contributed by atoms with Gasteiger partial charge in [0, 0.05) is 52.4 Å². The van der Waals surface area contributed by atoms with Gasteiger partial charge in [0.1, 0.15) is 24.2 Å². The minimum atomic E-state index is -0.535. The molecule has 2 unspecified atom stereocenters. The highest BCUT2D eigenvalue weighted by atomic mass is 19.1. The van der Waals surface area contributed by atoms with Crippen LogP contribution in [0.15, 0.2) is 48.5 Å². The molecule has 1 N–H and O–H groups in total. The molecule has 37 heavy (non-hydrogen) atoms. The second kappa shape index (κ2) is 13.0. The van der Waals surface area contributed by atoms with Crippen molar-refractivity contribution < 1.29 is 23.5 Å². The highest BCUT2D eigenvalue weighted by Crippen LogP contribution is 2.28. The number of benzene rings is 2. The highest BCUT2D eigenvalue weighted by Gasteiger charge is 2.43. The Morgan fingerprint density at radius 1 is 1.05 bits per heavy atom. The first-order chi connectivity index (χ1) is 18.0. The number of carbonyl (C=O) groups excluding carboxylic acids is 2. The highest BCUT2D eigenvalue weighted by molar-refractivity contribution is 5.89. The fraction of sp³-hybridized carbons (Fsp3) is 0.500. The summed E-state index contributed by atoms with van der Waals surface area (Å²) >= 11 is 0. The zero-order chi connectivity index (χ0) is 26.2. The number of rotatable bonds is 9. The van der Waals surface area contributed by atoms with Crippen molar-refractivity contribution in [2.75, 3.05) is 53.6 Å². The lowest BCUT2D eigenvalue weighted by Gasteiger charge is -2.29. The minimum absolute atomic E-state index is 0.00114. The molecule has 9 heteroatoms. The first-order valence-corrected chi connectivity index (χ1v) is 12.9. The maximum Gasteiger partial charge on any atom is 0.249 e. The van der Waals surface area contributed by atoms with Crippen LogP contribution in [0.4, 0.5) is 4.39 Å². The summed E-state index contributed by atoms with van der Waals surface area (Å²) in [6.07, 6.45) is 1.42. The Balaban J connectivity index is 1.60. The molecule has 2 aliphatic rings. The zero-order valence-electron chi connectivity index (χ0n) is 21.7. The molecule has 2 fully saturated rings. The summed E-state index contributed by atoms with van der Waals surface area (Å²) in [5, 5.41) is 3.33. The third-order valence-corrected chi connectivity index (χ3v) is 7.14. The quantitative estimate of drug-likeness (QED) is 0.556. The fourth-order valence-corrected chi connectivity index (χ4v) is 5.22. The molecule has 0 saturated carbocycles. The van der Waals surface area contributed by atoms with Crippen LogP contribution < -0.4 is 10.1 Å². The number of hydrogen-bond donors (Lipinski definition) is 1.